The normalized spacial score (nSPS) is 26.5. The Morgan fingerprint density at radius 2 is 2.24 bits per heavy atom. The molecule has 114 valence electrons. The van der Waals surface area contributed by atoms with Crippen LogP contribution in [0, 0.1) is 5.92 Å². The van der Waals surface area contributed by atoms with Gasteiger partial charge in [-0.3, -0.25) is 4.79 Å². The highest BCUT2D eigenvalue weighted by Gasteiger charge is 2.36. The molecule has 2 N–H and O–H groups in total. The third kappa shape index (κ3) is 2.85. The van der Waals surface area contributed by atoms with Gasteiger partial charge in [0.25, 0.3) is 5.91 Å². The number of likely N-dealkylation sites (tertiary alicyclic amines) is 2. The first-order valence-electron chi connectivity index (χ1n) is 7.47. The molecule has 2 unspecified atom stereocenters. The number of aromatic nitrogens is 1. The number of nitrogens with two attached hydrogens (primary N) is 1. The summed E-state index contributed by atoms with van der Waals surface area (Å²) < 4.78 is 0. The Hall–Kier alpha value is -1.33. The third-order valence-corrected chi connectivity index (χ3v) is 5.04. The van der Waals surface area contributed by atoms with Gasteiger partial charge >= 0.3 is 0 Å². The van der Waals surface area contributed by atoms with Crippen molar-refractivity contribution < 1.29 is 4.79 Å². The highest BCUT2D eigenvalue weighted by molar-refractivity contribution is 6.33. The van der Waals surface area contributed by atoms with E-state index >= 15 is 0 Å². The smallest absolute Gasteiger partial charge is 0.255 e. The molecule has 0 bridgehead atoms. The Balaban J connectivity index is 1.76. The molecule has 21 heavy (non-hydrogen) atoms. The summed E-state index contributed by atoms with van der Waals surface area (Å²) in [6, 6.07) is 2.18. The molecule has 3 heterocycles. The molecule has 2 atom stereocenters. The first kappa shape index (κ1) is 14.6. The predicted octanol–water partition coefficient (Wildman–Crippen LogP) is 1.87. The number of fused-ring (bicyclic) bond motifs is 1. The van der Waals surface area contributed by atoms with Gasteiger partial charge in [-0.05, 0) is 44.8 Å². The number of piperidine rings is 2. The van der Waals surface area contributed by atoms with E-state index in [0.717, 1.165) is 19.5 Å². The zero-order valence-corrected chi connectivity index (χ0v) is 13.0. The van der Waals surface area contributed by atoms with Crippen molar-refractivity contribution in [3.05, 3.63) is 22.8 Å². The van der Waals surface area contributed by atoms with Crippen molar-refractivity contribution in [3.63, 3.8) is 0 Å². The minimum Gasteiger partial charge on any atom is -0.384 e. The largest absolute Gasteiger partial charge is 0.384 e. The lowest BCUT2D eigenvalue weighted by Gasteiger charge is -2.46. The quantitative estimate of drug-likeness (QED) is 0.860. The van der Waals surface area contributed by atoms with Crippen LogP contribution in [0.25, 0.3) is 0 Å². The summed E-state index contributed by atoms with van der Waals surface area (Å²) in [7, 11) is 2.19. The topological polar surface area (TPSA) is 62.5 Å². The Morgan fingerprint density at radius 1 is 1.43 bits per heavy atom. The van der Waals surface area contributed by atoms with Crippen LogP contribution in [0.3, 0.4) is 0 Å². The number of anilines is 1. The van der Waals surface area contributed by atoms with Crippen molar-refractivity contribution in [1.82, 2.24) is 14.8 Å². The van der Waals surface area contributed by atoms with Crippen molar-refractivity contribution in [2.24, 2.45) is 5.92 Å². The molecule has 2 fully saturated rings. The average molecular weight is 309 g/mol. The summed E-state index contributed by atoms with van der Waals surface area (Å²) in [5, 5.41) is 0.372. The second-order valence-corrected chi connectivity index (χ2v) is 6.49. The van der Waals surface area contributed by atoms with Crippen molar-refractivity contribution in [2.45, 2.75) is 25.3 Å². The van der Waals surface area contributed by atoms with E-state index in [-0.39, 0.29) is 5.91 Å². The van der Waals surface area contributed by atoms with Crippen LogP contribution in [0.15, 0.2) is 12.3 Å². The molecule has 0 aliphatic carbocycles. The first-order valence-corrected chi connectivity index (χ1v) is 7.84. The zero-order valence-electron chi connectivity index (χ0n) is 12.3. The van der Waals surface area contributed by atoms with Crippen LogP contribution in [0.1, 0.15) is 29.6 Å². The van der Waals surface area contributed by atoms with Crippen molar-refractivity contribution >= 4 is 23.3 Å². The summed E-state index contributed by atoms with van der Waals surface area (Å²) in [5.74, 6) is 0.871. The summed E-state index contributed by atoms with van der Waals surface area (Å²) in [6.07, 6.45) is 4.89. The molecule has 0 radical (unpaired) electrons. The van der Waals surface area contributed by atoms with Gasteiger partial charge in [0, 0.05) is 25.3 Å². The Labute approximate surface area is 130 Å². The number of carbonyl (C=O) groups excluding carboxylic acids is 1. The number of carbonyl (C=O) groups is 1. The van der Waals surface area contributed by atoms with E-state index in [2.05, 4.69) is 16.9 Å². The lowest BCUT2D eigenvalue weighted by Crippen LogP contribution is -2.53. The number of nitrogen functional groups attached to an aromatic ring is 1. The molecule has 0 spiro atoms. The fraction of sp³-hybridized carbons (Fsp3) is 0.600. The maximum absolute atomic E-state index is 12.7. The Morgan fingerprint density at radius 3 is 3.05 bits per heavy atom. The highest BCUT2D eigenvalue weighted by atomic mass is 35.5. The van der Waals surface area contributed by atoms with Crippen LogP contribution in [0.5, 0.6) is 0 Å². The van der Waals surface area contributed by atoms with Crippen LogP contribution in [-0.4, -0.2) is 53.4 Å². The lowest BCUT2D eigenvalue weighted by atomic mass is 9.84. The van der Waals surface area contributed by atoms with Crippen molar-refractivity contribution in [1.29, 1.82) is 0 Å². The van der Waals surface area contributed by atoms with Crippen LogP contribution in [-0.2, 0) is 0 Å². The van der Waals surface area contributed by atoms with Gasteiger partial charge in [-0.2, -0.15) is 0 Å². The van der Waals surface area contributed by atoms with Gasteiger partial charge in [-0.25, -0.2) is 4.98 Å². The number of hydrogen-bond acceptors (Lipinski definition) is 4. The summed E-state index contributed by atoms with van der Waals surface area (Å²) in [4.78, 5) is 20.9. The number of amides is 1. The van der Waals surface area contributed by atoms with Gasteiger partial charge in [-0.15, -0.1) is 0 Å². The maximum atomic E-state index is 12.7. The predicted molar refractivity (Wildman–Crippen MR) is 83.3 cm³/mol. The van der Waals surface area contributed by atoms with Gasteiger partial charge in [0.1, 0.15) is 5.82 Å². The summed E-state index contributed by atoms with van der Waals surface area (Å²) in [6.45, 7) is 2.76. The monoisotopic (exact) mass is 308 g/mol. The first-order chi connectivity index (χ1) is 10.1. The molecule has 2 aliphatic rings. The molecule has 0 saturated carbocycles. The van der Waals surface area contributed by atoms with E-state index in [4.69, 9.17) is 17.3 Å². The van der Waals surface area contributed by atoms with E-state index < -0.39 is 0 Å². The van der Waals surface area contributed by atoms with E-state index in [1.807, 2.05) is 4.90 Å². The molecular weight excluding hydrogens is 288 g/mol. The lowest BCUT2D eigenvalue weighted by molar-refractivity contribution is 0.0317. The zero-order chi connectivity index (χ0) is 15.0. The molecule has 1 aromatic rings. The number of pyridine rings is 1. The summed E-state index contributed by atoms with van der Waals surface area (Å²) in [5.41, 5.74) is 6.14. The van der Waals surface area contributed by atoms with Crippen molar-refractivity contribution in [3.8, 4) is 0 Å². The van der Waals surface area contributed by atoms with Gasteiger partial charge < -0.3 is 15.5 Å². The molecule has 2 saturated heterocycles. The maximum Gasteiger partial charge on any atom is 0.255 e. The second kappa shape index (κ2) is 5.81. The molecule has 3 rings (SSSR count). The molecule has 1 aromatic heterocycles. The summed E-state index contributed by atoms with van der Waals surface area (Å²) >= 11 is 6.10. The number of halogens is 1. The van der Waals surface area contributed by atoms with Crippen LogP contribution in [0.2, 0.25) is 5.02 Å². The highest BCUT2D eigenvalue weighted by Crippen LogP contribution is 2.31. The molecule has 5 nitrogen and oxygen atoms in total. The molecule has 0 aromatic carbocycles. The van der Waals surface area contributed by atoms with E-state index in [0.29, 0.717) is 28.4 Å². The third-order valence-electron chi connectivity index (χ3n) is 4.74. The Kier molecular flexibility index (Phi) is 4.04. The fourth-order valence-corrected chi connectivity index (χ4v) is 3.81. The average Bonchev–Trinajstić information content (AvgIpc) is 2.49. The number of hydrogen-bond donors (Lipinski definition) is 1. The minimum absolute atomic E-state index is 0.0271. The molecular formula is C15H21ClN4O. The van der Waals surface area contributed by atoms with Gasteiger partial charge in [0.15, 0.2) is 0 Å². The fourth-order valence-electron chi connectivity index (χ4n) is 3.63. The van der Waals surface area contributed by atoms with Gasteiger partial charge in [0.2, 0.25) is 0 Å². The van der Waals surface area contributed by atoms with E-state index in [9.17, 15) is 4.79 Å². The molecule has 1 amide bonds. The van der Waals surface area contributed by atoms with Gasteiger partial charge in [-0.1, -0.05) is 11.6 Å². The van der Waals surface area contributed by atoms with E-state index in [1.54, 1.807) is 6.07 Å². The Bertz CT molecular complexity index is 550. The van der Waals surface area contributed by atoms with E-state index in [1.165, 1.54) is 25.6 Å². The molecule has 2 aliphatic heterocycles. The minimum atomic E-state index is -0.0271. The van der Waals surface area contributed by atoms with Crippen LogP contribution in [0.4, 0.5) is 5.82 Å². The SMILES string of the molecule is CN1CCCC2CN(C(=O)c3cc(N)ncc3Cl)CCC21. The van der Waals surface area contributed by atoms with Gasteiger partial charge in [0.05, 0.1) is 10.6 Å². The van der Waals surface area contributed by atoms with Crippen LogP contribution < -0.4 is 5.73 Å². The van der Waals surface area contributed by atoms with Crippen LogP contribution >= 0.6 is 11.6 Å². The number of nitrogens with zero attached hydrogens (tertiary/aromatic N) is 3. The number of rotatable bonds is 1. The van der Waals surface area contributed by atoms with Crippen molar-refractivity contribution in [2.75, 3.05) is 32.4 Å². The molecule has 6 heteroatoms. The second-order valence-electron chi connectivity index (χ2n) is 6.08. The standard InChI is InChI=1S/C15H21ClN4O/c1-19-5-2-3-10-9-20(6-4-13(10)19)15(21)11-7-14(17)18-8-12(11)16/h7-8,10,13H,2-6,9H2,1H3,(H2,17,18).